The Balaban J connectivity index is 1.13. The van der Waals surface area contributed by atoms with Crippen molar-refractivity contribution in [1.29, 1.82) is 0 Å². The zero-order valence-electron chi connectivity index (χ0n) is 22.5. The van der Waals surface area contributed by atoms with Gasteiger partial charge < -0.3 is 29.4 Å². The van der Waals surface area contributed by atoms with Crippen LogP contribution < -0.4 is 10.1 Å². The Kier molecular flexibility index (Phi) is 7.25. The standard InChI is InChI=1S/C30H32FN3O7/c31-30(19-38-17-22(30)26(35)39-16-20-4-2-1-3-5-20)41-24-7-6-23-25(33-24)21(9-15-32-23)8-10-29-13-11-28(12-14-29,18-40-29)34-27(36)37/h1-7,9,15,22,34H,8,10-14,16-19H2,(H,36,37)/t22-,28?,29?,30+/m0/s1. The summed E-state index contributed by atoms with van der Waals surface area (Å²) in [6.45, 7) is -0.189. The van der Waals surface area contributed by atoms with Crippen LogP contribution in [0.1, 0.15) is 43.2 Å². The third kappa shape index (κ3) is 5.69. The number of aryl methyl sites for hydroxylation is 1. The van der Waals surface area contributed by atoms with Crippen molar-refractivity contribution >= 4 is 23.1 Å². The van der Waals surface area contributed by atoms with Gasteiger partial charge in [0.05, 0.1) is 35.4 Å². The van der Waals surface area contributed by atoms with Crippen LogP contribution in [0.2, 0.25) is 0 Å². The minimum Gasteiger partial charge on any atom is -0.465 e. The van der Waals surface area contributed by atoms with Gasteiger partial charge in [-0.05, 0) is 61.8 Å². The van der Waals surface area contributed by atoms with Crippen molar-refractivity contribution in [2.24, 2.45) is 5.92 Å². The van der Waals surface area contributed by atoms with E-state index in [-0.39, 0.29) is 24.7 Å². The third-order valence-corrected chi connectivity index (χ3v) is 8.52. The Morgan fingerprint density at radius 1 is 1.07 bits per heavy atom. The van der Waals surface area contributed by atoms with E-state index >= 15 is 4.39 Å². The number of pyridine rings is 2. The molecule has 1 aromatic carbocycles. The molecule has 7 rings (SSSR count). The van der Waals surface area contributed by atoms with Gasteiger partial charge in [0, 0.05) is 12.3 Å². The number of ether oxygens (including phenoxy) is 4. The highest BCUT2D eigenvalue weighted by Gasteiger charge is 2.53. The number of carbonyl (C=O) groups excluding carboxylic acids is 1. The molecule has 5 heterocycles. The third-order valence-electron chi connectivity index (χ3n) is 8.52. The van der Waals surface area contributed by atoms with Gasteiger partial charge in [0.15, 0.2) is 5.92 Å². The Bertz CT molecular complexity index is 1410. The largest absolute Gasteiger partial charge is 0.465 e. The number of carboxylic acid groups (broad SMARTS) is 1. The molecule has 0 spiro atoms. The number of amides is 1. The maximum absolute atomic E-state index is 16.0. The number of aromatic nitrogens is 2. The molecule has 4 fully saturated rings. The van der Waals surface area contributed by atoms with E-state index in [9.17, 15) is 14.7 Å². The average molecular weight is 566 g/mol. The monoisotopic (exact) mass is 565 g/mol. The van der Waals surface area contributed by atoms with Crippen molar-refractivity contribution in [3.63, 3.8) is 0 Å². The molecule has 4 aliphatic rings. The number of benzene rings is 1. The molecule has 2 atom stereocenters. The van der Waals surface area contributed by atoms with E-state index < -0.39 is 36.0 Å². The molecule has 41 heavy (non-hydrogen) atoms. The van der Waals surface area contributed by atoms with Gasteiger partial charge in [0.2, 0.25) is 5.88 Å². The Morgan fingerprint density at radius 2 is 1.88 bits per heavy atom. The maximum atomic E-state index is 16.0. The summed E-state index contributed by atoms with van der Waals surface area (Å²) in [4.78, 5) is 33.0. The molecule has 10 nitrogen and oxygen atoms in total. The molecule has 0 radical (unpaired) electrons. The smallest absolute Gasteiger partial charge is 0.405 e. The first-order chi connectivity index (χ1) is 19.8. The van der Waals surface area contributed by atoms with Gasteiger partial charge in [-0.1, -0.05) is 30.3 Å². The van der Waals surface area contributed by atoms with Crippen molar-refractivity contribution in [2.75, 3.05) is 19.8 Å². The number of carbonyl (C=O) groups is 2. The SMILES string of the molecule is O=C(O)NC12CCC(CCc3ccnc4ccc(O[C@]5(F)COC[C@H]5C(=O)OCc5ccccc5)nc34)(CC1)OC2. The molecule has 1 amide bonds. The van der Waals surface area contributed by atoms with Crippen LogP contribution in [0, 0.1) is 5.92 Å². The van der Waals surface area contributed by atoms with Gasteiger partial charge in [-0.25, -0.2) is 9.78 Å². The second kappa shape index (κ2) is 10.9. The van der Waals surface area contributed by atoms with E-state index in [1.807, 2.05) is 36.4 Å². The van der Waals surface area contributed by atoms with Crippen molar-refractivity contribution in [2.45, 2.75) is 62.1 Å². The molecule has 216 valence electrons. The molecule has 2 N–H and O–H groups in total. The first kappa shape index (κ1) is 27.3. The number of nitrogens with zero attached hydrogens (tertiary/aromatic N) is 2. The molecule has 1 saturated carbocycles. The number of alkyl halides is 1. The minimum absolute atomic E-state index is 0.0230. The van der Waals surface area contributed by atoms with Gasteiger partial charge in [0.25, 0.3) is 5.85 Å². The molecule has 11 heteroatoms. The number of nitrogens with one attached hydrogen (secondary N) is 1. The normalized spacial score (nSPS) is 28.9. The predicted molar refractivity (Wildman–Crippen MR) is 144 cm³/mol. The van der Waals surface area contributed by atoms with Crippen LogP contribution in [-0.2, 0) is 32.0 Å². The molecule has 3 aliphatic heterocycles. The van der Waals surface area contributed by atoms with E-state index in [1.54, 1.807) is 12.3 Å². The van der Waals surface area contributed by atoms with Crippen molar-refractivity contribution in [3.05, 3.63) is 65.9 Å². The molecule has 3 aromatic rings. The van der Waals surface area contributed by atoms with Gasteiger partial charge in [0.1, 0.15) is 13.2 Å². The quantitative estimate of drug-likeness (QED) is 0.364. The average Bonchev–Trinajstić information content (AvgIpc) is 3.36. The summed E-state index contributed by atoms with van der Waals surface area (Å²) in [7, 11) is 0. The van der Waals surface area contributed by atoms with Crippen LogP contribution in [0.5, 0.6) is 5.88 Å². The number of esters is 1. The topological polar surface area (TPSA) is 129 Å². The fourth-order valence-electron chi connectivity index (χ4n) is 6.04. The molecule has 3 saturated heterocycles. The van der Waals surface area contributed by atoms with Crippen LogP contribution >= 0.6 is 0 Å². The van der Waals surface area contributed by atoms with Crippen LogP contribution in [0.3, 0.4) is 0 Å². The summed E-state index contributed by atoms with van der Waals surface area (Å²) in [5.41, 5.74) is 2.12. The second-order valence-electron chi connectivity index (χ2n) is 11.2. The molecule has 0 unspecified atom stereocenters. The highest BCUT2D eigenvalue weighted by molar-refractivity contribution is 5.78. The molecular weight excluding hydrogens is 533 g/mol. The fraction of sp³-hybridized carbons (Fsp3) is 0.467. The summed E-state index contributed by atoms with van der Waals surface area (Å²) < 4.78 is 38.5. The van der Waals surface area contributed by atoms with Crippen LogP contribution in [-0.4, -0.2) is 64.0 Å². The van der Waals surface area contributed by atoms with Gasteiger partial charge >= 0.3 is 12.1 Å². The minimum atomic E-state index is -2.43. The number of halogens is 1. The summed E-state index contributed by atoms with van der Waals surface area (Å²) >= 11 is 0. The van der Waals surface area contributed by atoms with Crippen molar-refractivity contribution < 1.29 is 38.0 Å². The lowest BCUT2D eigenvalue weighted by Gasteiger charge is -2.53. The summed E-state index contributed by atoms with van der Waals surface area (Å²) in [6.07, 6.45) is 5.08. The molecular formula is C30H32FN3O7. The Morgan fingerprint density at radius 3 is 2.61 bits per heavy atom. The van der Waals surface area contributed by atoms with Crippen LogP contribution in [0.4, 0.5) is 9.18 Å². The number of rotatable bonds is 9. The zero-order chi connectivity index (χ0) is 28.5. The molecule has 2 bridgehead atoms. The first-order valence-corrected chi connectivity index (χ1v) is 13.8. The van der Waals surface area contributed by atoms with E-state index in [0.29, 0.717) is 24.1 Å². The van der Waals surface area contributed by atoms with E-state index in [1.165, 1.54) is 6.07 Å². The Labute approximate surface area is 236 Å². The van der Waals surface area contributed by atoms with Crippen molar-refractivity contribution in [1.82, 2.24) is 15.3 Å². The number of hydrogen-bond donors (Lipinski definition) is 2. The number of fused-ring (bicyclic) bond motifs is 4. The summed E-state index contributed by atoms with van der Waals surface area (Å²) in [6, 6.07) is 14.3. The van der Waals surface area contributed by atoms with Gasteiger partial charge in [-0.15, -0.1) is 0 Å². The van der Waals surface area contributed by atoms with E-state index in [0.717, 1.165) is 43.2 Å². The summed E-state index contributed by atoms with van der Waals surface area (Å²) in [5.74, 6) is -4.40. The lowest BCUT2D eigenvalue weighted by Crippen LogP contribution is -2.62. The predicted octanol–water partition coefficient (Wildman–Crippen LogP) is 4.35. The lowest BCUT2D eigenvalue weighted by atomic mass is 9.69. The van der Waals surface area contributed by atoms with Crippen LogP contribution in [0.15, 0.2) is 54.7 Å². The van der Waals surface area contributed by atoms with E-state index in [2.05, 4.69) is 15.3 Å². The zero-order valence-corrected chi connectivity index (χ0v) is 22.5. The highest BCUT2D eigenvalue weighted by Crippen LogP contribution is 2.46. The fourth-order valence-corrected chi connectivity index (χ4v) is 6.04. The molecule has 2 aromatic heterocycles. The highest BCUT2D eigenvalue weighted by atomic mass is 19.2. The van der Waals surface area contributed by atoms with Crippen LogP contribution in [0.25, 0.3) is 11.0 Å². The van der Waals surface area contributed by atoms with Crippen molar-refractivity contribution in [3.8, 4) is 5.88 Å². The first-order valence-electron chi connectivity index (χ1n) is 13.8. The Hall–Kier alpha value is -3.83. The molecule has 1 aliphatic carbocycles. The second-order valence-corrected chi connectivity index (χ2v) is 11.2. The maximum Gasteiger partial charge on any atom is 0.405 e. The number of hydrogen-bond acceptors (Lipinski definition) is 8. The lowest BCUT2D eigenvalue weighted by molar-refractivity contribution is -0.165. The van der Waals surface area contributed by atoms with E-state index in [4.69, 9.17) is 18.9 Å². The van der Waals surface area contributed by atoms with Gasteiger partial charge in [-0.2, -0.15) is 4.39 Å². The summed E-state index contributed by atoms with van der Waals surface area (Å²) in [5, 5.41) is 11.8. The van der Waals surface area contributed by atoms with Gasteiger partial charge in [-0.3, -0.25) is 9.78 Å².